The Hall–Kier alpha value is -3.26. The first-order valence-corrected chi connectivity index (χ1v) is 26.5. The van der Waals surface area contributed by atoms with Crippen LogP contribution in [0.5, 0.6) is 0 Å². The summed E-state index contributed by atoms with van der Waals surface area (Å²) < 4.78 is 0. The third kappa shape index (κ3) is 10.2. The molecule has 0 aromatic heterocycles. The number of rotatable bonds is 6. The van der Waals surface area contributed by atoms with E-state index < -0.39 is 0 Å². The normalized spacial score (nSPS) is 14.2. The van der Waals surface area contributed by atoms with Gasteiger partial charge in [0.05, 0.1) is 0 Å². The zero-order valence-electron chi connectivity index (χ0n) is 32.8. The summed E-state index contributed by atoms with van der Waals surface area (Å²) in [6.45, 7) is 4.62. The van der Waals surface area contributed by atoms with Gasteiger partial charge < -0.3 is 24.8 Å². The van der Waals surface area contributed by atoms with Gasteiger partial charge in [0.2, 0.25) is 0 Å². The minimum atomic E-state index is 0. The van der Waals surface area contributed by atoms with Gasteiger partial charge >= 0.3 is 41.9 Å². The smallest absolute Gasteiger partial charge is 0.0178 e. The van der Waals surface area contributed by atoms with Gasteiger partial charge in [0.15, 0.2) is 0 Å². The van der Waals surface area contributed by atoms with Gasteiger partial charge in [-0.1, -0.05) is 147 Å². The molecule has 4 heteroatoms. The van der Waals surface area contributed by atoms with E-state index in [0.717, 1.165) is 11.8 Å². The number of hydrogen-bond donors (Lipinski definition) is 0. The fraction of sp³-hybridized carbons (Fsp3) is 0.269. The second-order valence-corrected chi connectivity index (χ2v) is 25.6. The molecule has 0 nitrogen and oxygen atoms in total. The Morgan fingerprint density at radius 3 is 1.25 bits per heavy atom. The minimum Gasteiger partial charge on any atom is -1.00 e. The summed E-state index contributed by atoms with van der Waals surface area (Å²) in [6, 6.07) is 54.1. The van der Waals surface area contributed by atoms with Crippen molar-refractivity contribution in [1.29, 1.82) is 0 Å². The van der Waals surface area contributed by atoms with Crippen LogP contribution >= 0.6 is 0 Å². The first kappa shape index (κ1) is 42.3. The van der Waals surface area contributed by atoms with Gasteiger partial charge in [0, 0.05) is 0 Å². The maximum atomic E-state index is 2.44. The number of benzene rings is 6. The van der Waals surface area contributed by atoms with Crippen molar-refractivity contribution in [2.75, 3.05) is 0 Å². The topological polar surface area (TPSA) is 0 Å². The van der Waals surface area contributed by atoms with Gasteiger partial charge in [-0.25, -0.2) is 0 Å². The van der Waals surface area contributed by atoms with Gasteiger partial charge in [0.1, 0.15) is 0 Å². The monoisotopic (exact) mass is 864 g/mol. The molecule has 8 aromatic carbocycles. The molecule has 0 heterocycles. The van der Waals surface area contributed by atoms with Crippen molar-refractivity contribution >= 4 is 48.5 Å². The summed E-state index contributed by atoms with van der Waals surface area (Å²) in [5, 5.41) is 10.8. The number of fused-ring (bicyclic) bond motifs is 4. The van der Waals surface area contributed by atoms with E-state index in [-0.39, 0.29) is 30.2 Å². The molecule has 0 aliphatic heterocycles. The van der Waals surface area contributed by atoms with E-state index in [0.29, 0.717) is 0 Å². The van der Waals surface area contributed by atoms with E-state index >= 15 is 0 Å². The molecule has 0 spiro atoms. The molecule has 0 radical (unpaired) electrons. The molecule has 0 amide bonds. The number of hydrogen-bond acceptors (Lipinski definition) is 0. The van der Waals surface area contributed by atoms with Crippen LogP contribution in [-0.2, 0) is 36.2 Å². The summed E-state index contributed by atoms with van der Waals surface area (Å²) in [6.07, 6.45) is 13.9. The molecule has 10 rings (SSSR count). The third-order valence-electron chi connectivity index (χ3n) is 11.7. The van der Waals surface area contributed by atoms with Gasteiger partial charge in [-0.15, -0.1) is 69.1 Å². The van der Waals surface area contributed by atoms with Crippen LogP contribution < -0.4 is 24.8 Å². The Balaban J connectivity index is 0.000000168. The van der Waals surface area contributed by atoms with Crippen molar-refractivity contribution in [3.05, 3.63) is 157 Å². The Morgan fingerprint density at radius 2 is 0.857 bits per heavy atom. The molecular formula is C52H52Cl2SiZr-2. The largest absolute Gasteiger partial charge is 1.00 e. The van der Waals surface area contributed by atoms with Crippen molar-refractivity contribution in [2.45, 2.75) is 77.3 Å². The van der Waals surface area contributed by atoms with Crippen LogP contribution in [0.1, 0.15) is 62.5 Å². The Kier molecular flexibility index (Phi) is 15.1. The molecular weight excluding hydrogens is 815 g/mol. The van der Waals surface area contributed by atoms with Crippen LogP contribution in [0, 0.1) is 11.8 Å². The van der Waals surface area contributed by atoms with Crippen LogP contribution in [0.3, 0.4) is 0 Å². The van der Waals surface area contributed by atoms with E-state index in [1.165, 1.54) is 141 Å². The maximum Gasteiger partial charge on any atom is -0.0178 e. The number of halogens is 2. The van der Waals surface area contributed by atoms with E-state index in [1.807, 2.05) is 0 Å². The fourth-order valence-electron chi connectivity index (χ4n) is 9.14. The van der Waals surface area contributed by atoms with E-state index in [9.17, 15) is 0 Å². The van der Waals surface area contributed by atoms with Crippen molar-refractivity contribution in [3.63, 3.8) is 0 Å². The van der Waals surface area contributed by atoms with Crippen LogP contribution in [0.2, 0.25) is 13.1 Å². The second kappa shape index (κ2) is 19.9. The average Bonchev–Trinajstić information content (AvgIpc) is 4.03. The molecule has 2 fully saturated rings. The van der Waals surface area contributed by atoms with E-state index in [4.69, 9.17) is 0 Å². The molecule has 0 N–H and O–H groups in total. The summed E-state index contributed by atoms with van der Waals surface area (Å²) in [7, 11) is 0. The Labute approximate surface area is 362 Å². The third-order valence-corrected chi connectivity index (χ3v) is 11.7. The van der Waals surface area contributed by atoms with Gasteiger partial charge in [-0.2, -0.15) is 12.1 Å². The summed E-state index contributed by atoms with van der Waals surface area (Å²) >= 11 is 1.74. The standard InChI is InChI=1S/2C25H23.C2H6Si.2ClH.Zr/c2*1-2-7-18(6-1)14-19-15-22-10-5-11-24(25(22)16-19)23-13-12-20-8-3-4-9-21(20)17-23;1-3-2;;;/h2*3-5,8-13,15-18H,1-2,6-7,14H2;1-2H3;2*1H;/q2*-1;;;;+2/p-2. The molecule has 56 heavy (non-hydrogen) atoms. The average molecular weight is 867 g/mol. The van der Waals surface area contributed by atoms with Gasteiger partial charge in [-0.05, 0) is 69.5 Å². The van der Waals surface area contributed by atoms with Crippen LogP contribution in [0.4, 0.5) is 0 Å². The molecule has 2 aliphatic carbocycles. The quantitative estimate of drug-likeness (QED) is 0.116. The first-order chi connectivity index (χ1) is 26.5. The molecule has 0 unspecified atom stereocenters. The zero-order valence-corrected chi connectivity index (χ0v) is 37.8. The predicted molar refractivity (Wildman–Crippen MR) is 234 cm³/mol. The van der Waals surface area contributed by atoms with E-state index in [1.54, 1.807) is 23.3 Å². The maximum absolute atomic E-state index is 2.44. The van der Waals surface area contributed by atoms with Gasteiger partial charge in [0.25, 0.3) is 0 Å². The van der Waals surface area contributed by atoms with Crippen molar-refractivity contribution in [2.24, 2.45) is 11.8 Å². The molecule has 8 aromatic rings. The summed E-state index contributed by atoms with van der Waals surface area (Å²) in [5.74, 6) is 1.81. The Morgan fingerprint density at radius 1 is 0.482 bits per heavy atom. The van der Waals surface area contributed by atoms with Crippen molar-refractivity contribution in [1.82, 2.24) is 0 Å². The van der Waals surface area contributed by atoms with E-state index in [2.05, 4.69) is 159 Å². The van der Waals surface area contributed by atoms with Crippen molar-refractivity contribution in [3.8, 4) is 22.3 Å². The van der Waals surface area contributed by atoms with Crippen molar-refractivity contribution < 1.29 is 48.1 Å². The second-order valence-electron chi connectivity index (χ2n) is 16.2. The van der Waals surface area contributed by atoms with Crippen LogP contribution in [0.15, 0.2) is 146 Å². The predicted octanol–water partition coefficient (Wildman–Crippen LogP) is 9.02. The molecule has 284 valence electrons. The fourth-order valence-corrected chi connectivity index (χ4v) is 9.14. The molecule has 0 bridgehead atoms. The minimum absolute atomic E-state index is 0. The summed E-state index contributed by atoms with van der Waals surface area (Å²) in [4.78, 5) is 0. The zero-order chi connectivity index (χ0) is 36.9. The van der Waals surface area contributed by atoms with Crippen LogP contribution in [0.25, 0.3) is 65.3 Å². The van der Waals surface area contributed by atoms with Gasteiger partial charge in [-0.3, -0.25) is 0 Å². The molecule has 2 saturated carbocycles. The SMILES string of the molecule is C[Si](C)=[Zr+2].[Cl-].[Cl-].c1ccc2cc(-c3cccc4[cH-]c(CC5CCCC5)cc34)ccc2c1.c1ccc2cc(-c3cccc4[cH-]c(CC5CCCC5)cc34)ccc2c1. The molecule has 0 atom stereocenters. The summed E-state index contributed by atoms with van der Waals surface area (Å²) in [5.41, 5.74) is 8.62. The van der Waals surface area contributed by atoms with Crippen LogP contribution in [-0.4, -0.2) is 5.43 Å². The molecule has 2 aliphatic rings. The first-order valence-electron chi connectivity index (χ1n) is 20.3. The molecule has 0 saturated heterocycles. The Bertz CT molecular complexity index is 2350.